The molecule has 0 aliphatic carbocycles. The van der Waals surface area contributed by atoms with Gasteiger partial charge in [0.1, 0.15) is 17.9 Å². The number of benzene rings is 3. The maximum absolute atomic E-state index is 13.6. The normalized spacial score (nSPS) is 15.1. The number of hydrogen-bond donors (Lipinski definition) is 0. The summed E-state index contributed by atoms with van der Waals surface area (Å²) < 4.78 is 18.0. The summed E-state index contributed by atoms with van der Waals surface area (Å²) >= 11 is 3.42. The van der Waals surface area contributed by atoms with E-state index in [9.17, 15) is 9.59 Å². The molecule has 1 aliphatic rings. The van der Waals surface area contributed by atoms with Gasteiger partial charge >= 0.3 is 0 Å². The third kappa shape index (κ3) is 4.13. The summed E-state index contributed by atoms with van der Waals surface area (Å²) in [4.78, 5) is 28.6. The minimum absolute atomic E-state index is 0.0801. The van der Waals surface area contributed by atoms with Gasteiger partial charge in [-0.15, -0.1) is 0 Å². The monoisotopic (exact) mass is 519 g/mol. The van der Waals surface area contributed by atoms with Gasteiger partial charge in [-0.25, -0.2) is 0 Å². The first-order valence-electron chi connectivity index (χ1n) is 10.9. The van der Waals surface area contributed by atoms with E-state index >= 15 is 0 Å². The number of nitrogens with zero attached hydrogens (tertiary/aromatic N) is 1. The predicted molar refractivity (Wildman–Crippen MR) is 132 cm³/mol. The minimum atomic E-state index is -0.599. The van der Waals surface area contributed by atoms with Crippen LogP contribution in [0, 0.1) is 0 Å². The molecule has 7 heteroatoms. The molecule has 1 atom stereocenters. The van der Waals surface area contributed by atoms with Gasteiger partial charge in [-0.3, -0.25) is 9.59 Å². The van der Waals surface area contributed by atoms with Crippen molar-refractivity contribution in [3.63, 3.8) is 0 Å². The summed E-state index contributed by atoms with van der Waals surface area (Å²) in [5.41, 5.74) is 2.33. The Bertz CT molecular complexity index is 1420. The second-order valence-electron chi connectivity index (χ2n) is 8.06. The molecule has 2 heterocycles. The predicted octanol–water partition coefficient (Wildman–Crippen LogP) is 5.33. The summed E-state index contributed by atoms with van der Waals surface area (Å²) in [6.45, 7) is 1.07. The second-order valence-corrected chi connectivity index (χ2v) is 8.97. The average molecular weight is 520 g/mol. The summed E-state index contributed by atoms with van der Waals surface area (Å²) in [5, 5.41) is 0.427. The highest BCUT2D eigenvalue weighted by molar-refractivity contribution is 9.10. The summed E-state index contributed by atoms with van der Waals surface area (Å²) in [5.74, 6) is 0.410. The number of methoxy groups -OCH3 is 1. The van der Waals surface area contributed by atoms with Crippen molar-refractivity contribution in [2.75, 3.05) is 20.3 Å². The quantitative estimate of drug-likeness (QED) is 0.330. The molecule has 6 nitrogen and oxygen atoms in total. The number of halogens is 1. The molecular formula is C27H22BrNO5. The molecule has 34 heavy (non-hydrogen) atoms. The summed E-state index contributed by atoms with van der Waals surface area (Å²) in [7, 11) is 1.58. The van der Waals surface area contributed by atoms with Gasteiger partial charge in [0, 0.05) is 18.1 Å². The number of fused-ring (bicyclic) bond motifs is 2. The van der Waals surface area contributed by atoms with E-state index in [1.54, 1.807) is 30.2 Å². The third-order valence-electron chi connectivity index (χ3n) is 5.89. The topological polar surface area (TPSA) is 69.0 Å². The average Bonchev–Trinajstić information content (AvgIpc) is 3.14. The Labute approximate surface area is 204 Å². The Hall–Kier alpha value is -3.42. The van der Waals surface area contributed by atoms with Crippen LogP contribution < -0.4 is 10.2 Å². The lowest BCUT2D eigenvalue weighted by molar-refractivity contribution is 0.0663. The van der Waals surface area contributed by atoms with Crippen molar-refractivity contribution in [1.29, 1.82) is 0 Å². The van der Waals surface area contributed by atoms with Crippen LogP contribution in [0.3, 0.4) is 0 Å². The van der Waals surface area contributed by atoms with Crippen molar-refractivity contribution in [3.05, 3.63) is 110 Å². The molecule has 0 saturated carbocycles. The van der Waals surface area contributed by atoms with Crippen LogP contribution in [0.1, 0.15) is 33.3 Å². The fourth-order valence-electron chi connectivity index (χ4n) is 4.27. The van der Waals surface area contributed by atoms with E-state index in [1.807, 2.05) is 54.6 Å². The lowest BCUT2D eigenvalue weighted by Gasteiger charge is -2.25. The molecule has 172 valence electrons. The minimum Gasteiger partial charge on any atom is -0.489 e. The van der Waals surface area contributed by atoms with E-state index < -0.39 is 6.04 Å². The summed E-state index contributed by atoms with van der Waals surface area (Å²) in [6, 6.07) is 22.0. The Morgan fingerprint density at radius 1 is 1.00 bits per heavy atom. The molecular weight excluding hydrogens is 498 g/mol. The largest absolute Gasteiger partial charge is 0.489 e. The first-order chi connectivity index (χ1) is 16.6. The van der Waals surface area contributed by atoms with Gasteiger partial charge in [-0.05, 0) is 41.5 Å². The van der Waals surface area contributed by atoms with Crippen LogP contribution in [-0.4, -0.2) is 31.1 Å². The van der Waals surface area contributed by atoms with Crippen molar-refractivity contribution in [1.82, 2.24) is 4.90 Å². The van der Waals surface area contributed by atoms with Crippen LogP contribution >= 0.6 is 15.9 Å². The van der Waals surface area contributed by atoms with Crippen molar-refractivity contribution in [3.8, 4) is 5.75 Å². The van der Waals surface area contributed by atoms with Crippen LogP contribution in [0.2, 0.25) is 0 Å². The molecule has 4 aromatic rings. The molecule has 0 fully saturated rings. The standard InChI is InChI=1S/C27H22BrNO5/c1-32-13-12-29-24(18-8-5-9-20(14-18)33-16-17-6-3-2-4-7-17)23-25(30)21-15-19(28)10-11-22(21)34-26(23)27(29)31/h2-11,14-15,24H,12-13,16H2,1H3. The molecule has 5 rings (SSSR count). The van der Waals surface area contributed by atoms with Crippen LogP contribution in [-0.2, 0) is 11.3 Å². The third-order valence-corrected chi connectivity index (χ3v) is 6.38. The lowest BCUT2D eigenvalue weighted by atomic mass is 9.98. The van der Waals surface area contributed by atoms with Crippen LogP contribution in [0.5, 0.6) is 5.75 Å². The maximum Gasteiger partial charge on any atom is 0.290 e. The molecule has 0 radical (unpaired) electrons. The second kappa shape index (κ2) is 9.44. The smallest absolute Gasteiger partial charge is 0.290 e. The molecule has 0 bridgehead atoms. The zero-order valence-corrected chi connectivity index (χ0v) is 20.1. The van der Waals surface area contributed by atoms with Gasteiger partial charge in [-0.2, -0.15) is 0 Å². The maximum atomic E-state index is 13.6. The fraction of sp³-hybridized carbons (Fsp3) is 0.185. The van der Waals surface area contributed by atoms with Gasteiger partial charge in [0.05, 0.1) is 23.6 Å². The summed E-state index contributed by atoms with van der Waals surface area (Å²) in [6.07, 6.45) is 0. The number of ether oxygens (including phenoxy) is 2. The number of carbonyl (C=O) groups excluding carboxylic acids is 1. The Balaban J connectivity index is 1.58. The number of rotatable bonds is 7. The highest BCUT2D eigenvalue weighted by Crippen LogP contribution is 2.39. The Kier molecular flexibility index (Phi) is 6.22. The van der Waals surface area contributed by atoms with Crippen molar-refractivity contribution in [2.45, 2.75) is 12.6 Å². The van der Waals surface area contributed by atoms with E-state index in [0.717, 1.165) is 15.6 Å². The Morgan fingerprint density at radius 3 is 2.62 bits per heavy atom. The van der Waals surface area contributed by atoms with Crippen molar-refractivity contribution < 1.29 is 18.7 Å². The molecule has 0 N–H and O–H groups in total. The molecule has 1 aliphatic heterocycles. The van der Waals surface area contributed by atoms with Crippen molar-refractivity contribution in [2.24, 2.45) is 0 Å². The lowest BCUT2D eigenvalue weighted by Crippen LogP contribution is -2.32. The fourth-order valence-corrected chi connectivity index (χ4v) is 4.64. The molecule has 1 amide bonds. The highest BCUT2D eigenvalue weighted by Gasteiger charge is 2.42. The highest BCUT2D eigenvalue weighted by atomic mass is 79.9. The van der Waals surface area contributed by atoms with Crippen LogP contribution in [0.25, 0.3) is 11.0 Å². The van der Waals surface area contributed by atoms with E-state index in [1.165, 1.54) is 0 Å². The number of amides is 1. The molecule has 0 saturated heterocycles. The first-order valence-corrected chi connectivity index (χ1v) is 11.7. The van der Waals surface area contributed by atoms with Crippen LogP contribution in [0.15, 0.2) is 86.5 Å². The van der Waals surface area contributed by atoms with Gasteiger partial charge < -0.3 is 18.8 Å². The van der Waals surface area contributed by atoms with Crippen molar-refractivity contribution >= 4 is 32.8 Å². The zero-order valence-electron chi connectivity index (χ0n) is 18.5. The van der Waals surface area contributed by atoms with Crippen LogP contribution in [0.4, 0.5) is 0 Å². The first kappa shape index (κ1) is 22.4. The zero-order chi connectivity index (χ0) is 23.7. The SMILES string of the molecule is COCCN1C(=O)c2oc3ccc(Br)cc3c(=O)c2C1c1cccc(OCc2ccccc2)c1. The van der Waals surface area contributed by atoms with Gasteiger partial charge in [0.2, 0.25) is 5.76 Å². The van der Waals surface area contributed by atoms with E-state index in [0.29, 0.717) is 42.0 Å². The molecule has 3 aromatic carbocycles. The van der Waals surface area contributed by atoms with Gasteiger partial charge in [-0.1, -0.05) is 58.4 Å². The Morgan fingerprint density at radius 2 is 1.82 bits per heavy atom. The van der Waals surface area contributed by atoms with E-state index in [2.05, 4.69) is 15.9 Å². The number of hydrogen-bond acceptors (Lipinski definition) is 5. The number of carbonyl (C=O) groups is 1. The molecule has 0 spiro atoms. The molecule has 1 unspecified atom stereocenters. The van der Waals surface area contributed by atoms with Gasteiger partial charge in [0.25, 0.3) is 5.91 Å². The van der Waals surface area contributed by atoms with E-state index in [4.69, 9.17) is 13.9 Å². The van der Waals surface area contributed by atoms with E-state index in [-0.39, 0.29) is 17.1 Å². The van der Waals surface area contributed by atoms with Gasteiger partial charge in [0.15, 0.2) is 5.43 Å². The molecule has 1 aromatic heterocycles.